The number of carbonyl (C=O) groups is 1. The topological polar surface area (TPSA) is 52.6 Å². The van der Waals surface area contributed by atoms with Gasteiger partial charge in [-0.2, -0.15) is 0 Å². The first kappa shape index (κ1) is 15.2. The predicted octanol–water partition coefficient (Wildman–Crippen LogP) is 3.78. The summed E-state index contributed by atoms with van der Waals surface area (Å²) in [5, 5.41) is 12.8. The summed E-state index contributed by atoms with van der Waals surface area (Å²) in [4.78, 5) is 13.0. The smallest absolute Gasteiger partial charge is 0.407 e. The van der Waals surface area contributed by atoms with Crippen LogP contribution in [0, 0.1) is 11.3 Å². The molecule has 0 aromatic heterocycles. The van der Waals surface area contributed by atoms with Gasteiger partial charge < -0.3 is 15.3 Å². The summed E-state index contributed by atoms with van der Waals surface area (Å²) in [6, 6.07) is 6.55. The van der Waals surface area contributed by atoms with Crippen LogP contribution in [0.2, 0.25) is 0 Å². The van der Waals surface area contributed by atoms with Crippen molar-refractivity contribution in [1.29, 1.82) is 0 Å². The Bertz CT molecular complexity index is 577. The van der Waals surface area contributed by atoms with Crippen molar-refractivity contribution < 1.29 is 9.90 Å². The molecule has 22 heavy (non-hydrogen) atoms. The number of rotatable bonds is 1. The second kappa shape index (κ2) is 5.49. The fraction of sp³-hybridized carbons (Fsp3) is 0.611. The summed E-state index contributed by atoms with van der Waals surface area (Å²) in [7, 11) is 0. The maximum atomic E-state index is 11.4. The maximum Gasteiger partial charge on any atom is 0.407 e. The minimum Gasteiger partial charge on any atom is -0.465 e. The number of nitrogens with zero attached hydrogens (tertiary/aromatic N) is 1. The van der Waals surface area contributed by atoms with Crippen LogP contribution in [0.5, 0.6) is 0 Å². The Labute approximate surface area is 132 Å². The Morgan fingerprint density at radius 1 is 1.36 bits per heavy atom. The molecule has 0 bridgehead atoms. The van der Waals surface area contributed by atoms with E-state index < -0.39 is 6.09 Å². The molecule has 2 unspecified atom stereocenters. The van der Waals surface area contributed by atoms with Gasteiger partial charge in [-0.1, -0.05) is 32.9 Å². The summed E-state index contributed by atoms with van der Waals surface area (Å²) in [6.07, 6.45) is 1.22. The first-order chi connectivity index (χ1) is 10.4. The molecule has 2 aliphatic rings. The monoisotopic (exact) mass is 302 g/mol. The highest BCUT2D eigenvalue weighted by atomic mass is 16.4. The molecule has 0 radical (unpaired) electrons. The zero-order valence-electron chi connectivity index (χ0n) is 13.7. The quantitative estimate of drug-likeness (QED) is 0.830. The molecular weight excluding hydrogens is 276 g/mol. The number of piperidine rings is 1. The van der Waals surface area contributed by atoms with Gasteiger partial charge >= 0.3 is 6.09 Å². The predicted molar refractivity (Wildman–Crippen MR) is 88.5 cm³/mol. The average Bonchev–Trinajstić information content (AvgIpc) is 2.94. The van der Waals surface area contributed by atoms with Crippen molar-refractivity contribution in [2.24, 2.45) is 11.3 Å². The van der Waals surface area contributed by atoms with Crippen molar-refractivity contribution in [3.05, 3.63) is 29.3 Å². The SMILES string of the molecule is CC(C)(C)C1CN(C(=O)O)CCC1c1cccc2c1CCN2. The van der Waals surface area contributed by atoms with Crippen LogP contribution >= 0.6 is 0 Å². The lowest BCUT2D eigenvalue weighted by molar-refractivity contribution is 0.0716. The fourth-order valence-electron chi connectivity index (χ4n) is 4.09. The molecule has 1 fully saturated rings. The highest BCUT2D eigenvalue weighted by Gasteiger charge is 2.40. The third kappa shape index (κ3) is 2.67. The zero-order valence-corrected chi connectivity index (χ0v) is 13.7. The second-order valence-electron chi connectivity index (χ2n) is 7.65. The number of hydrogen-bond donors (Lipinski definition) is 2. The van der Waals surface area contributed by atoms with Crippen LogP contribution in [0.3, 0.4) is 0 Å². The average molecular weight is 302 g/mol. The van der Waals surface area contributed by atoms with Crippen molar-refractivity contribution in [2.45, 2.75) is 39.5 Å². The number of likely N-dealkylation sites (tertiary alicyclic amines) is 1. The highest BCUT2D eigenvalue weighted by Crippen LogP contribution is 2.45. The molecule has 1 aromatic rings. The number of nitrogens with one attached hydrogen (secondary N) is 1. The van der Waals surface area contributed by atoms with Crippen LogP contribution in [0.4, 0.5) is 10.5 Å². The third-order valence-corrected chi connectivity index (χ3v) is 5.30. The molecule has 2 aliphatic heterocycles. The third-order valence-electron chi connectivity index (χ3n) is 5.30. The Morgan fingerprint density at radius 2 is 2.14 bits per heavy atom. The Morgan fingerprint density at radius 3 is 2.82 bits per heavy atom. The summed E-state index contributed by atoms with van der Waals surface area (Å²) in [5.74, 6) is 0.801. The van der Waals surface area contributed by atoms with E-state index in [2.05, 4.69) is 44.3 Å². The van der Waals surface area contributed by atoms with E-state index in [1.807, 2.05) is 0 Å². The van der Waals surface area contributed by atoms with E-state index >= 15 is 0 Å². The lowest BCUT2D eigenvalue weighted by Crippen LogP contribution is -2.46. The second-order valence-corrected chi connectivity index (χ2v) is 7.65. The molecule has 2 heterocycles. The van der Waals surface area contributed by atoms with Crippen molar-refractivity contribution in [2.75, 3.05) is 25.0 Å². The summed E-state index contributed by atoms with van der Waals surface area (Å²) in [6.45, 7) is 9.00. The van der Waals surface area contributed by atoms with Gasteiger partial charge in [0.05, 0.1) is 0 Å². The van der Waals surface area contributed by atoms with Crippen LogP contribution in [-0.4, -0.2) is 35.7 Å². The Balaban J connectivity index is 1.95. The van der Waals surface area contributed by atoms with E-state index in [1.54, 1.807) is 4.90 Å². The molecule has 1 aromatic carbocycles. The molecule has 120 valence electrons. The van der Waals surface area contributed by atoms with Gasteiger partial charge in [0, 0.05) is 25.3 Å². The normalized spacial score (nSPS) is 24.8. The number of fused-ring (bicyclic) bond motifs is 1. The molecule has 2 N–H and O–H groups in total. The van der Waals surface area contributed by atoms with Gasteiger partial charge in [-0.3, -0.25) is 0 Å². The van der Waals surface area contributed by atoms with E-state index in [1.165, 1.54) is 16.8 Å². The van der Waals surface area contributed by atoms with E-state index in [-0.39, 0.29) is 5.41 Å². The van der Waals surface area contributed by atoms with E-state index in [9.17, 15) is 9.90 Å². The first-order valence-electron chi connectivity index (χ1n) is 8.21. The molecule has 0 spiro atoms. The molecule has 1 saturated heterocycles. The molecular formula is C18H26N2O2. The van der Waals surface area contributed by atoms with Gasteiger partial charge in [0.1, 0.15) is 0 Å². The summed E-state index contributed by atoms with van der Waals surface area (Å²) < 4.78 is 0. The number of carboxylic acid groups (broad SMARTS) is 1. The lowest BCUT2D eigenvalue weighted by atomic mass is 9.67. The molecule has 4 nitrogen and oxygen atoms in total. The van der Waals surface area contributed by atoms with Gasteiger partial charge in [-0.25, -0.2) is 4.79 Å². The first-order valence-corrected chi connectivity index (χ1v) is 8.21. The number of amides is 1. The standard InChI is InChI=1S/C18H26N2O2/c1-18(2,3)15-11-20(17(21)22)10-8-13(15)12-5-4-6-16-14(12)7-9-19-16/h4-6,13,15,19H,7-11H2,1-3H3,(H,21,22). The molecule has 0 saturated carbocycles. The van der Waals surface area contributed by atoms with Crippen LogP contribution in [0.25, 0.3) is 0 Å². The number of hydrogen-bond acceptors (Lipinski definition) is 2. The summed E-state index contributed by atoms with van der Waals surface area (Å²) >= 11 is 0. The van der Waals surface area contributed by atoms with Gasteiger partial charge in [0.2, 0.25) is 0 Å². The van der Waals surface area contributed by atoms with Gasteiger partial charge in [0.25, 0.3) is 0 Å². The lowest BCUT2D eigenvalue weighted by Gasteiger charge is -2.44. The Kier molecular flexibility index (Phi) is 3.79. The molecule has 1 amide bonds. The maximum absolute atomic E-state index is 11.4. The van der Waals surface area contributed by atoms with E-state index in [0.29, 0.717) is 24.9 Å². The Hall–Kier alpha value is -1.71. The largest absolute Gasteiger partial charge is 0.465 e. The van der Waals surface area contributed by atoms with Gasteiger partial charge in [-0.05, 0) is 47.3 Å². The molecule has 4 heteroatoms. The van der Waals surface area contributed by atoms with E-state index in [0.717, 1.165) is 19.4 Å². The van der Waals surface area contributed by atoms with Crippen LogP contribution in [-0.2, 0) is 6.42 Å². The van der Waals surface area contributed by atoms with Gasteiger partial charge in [0.15, 0.2) is 0 Å². The minimum atomic E-state index is -0.785. The van der Waals surface area contributed by atoms with Crippen molar-refractivity contribution >= 4 is 11.8 Å². The van der Waals surface area contributed by atoms with Crippen molar-refractivity contribution in [3.8, 4) is 0 Å². The fourth-order valence-corrected chi connectivity index (χ4v) is 4.09. The van der Waals surface area contributed by atoms with Crippen LogP contribution < -0.4 is 5.32 Å². The van der Waals surface area contributed by atoms with Crippen LogP contribution in [0.15, 0.2) is 18.2 Å². The minimum absolute atomic E-state index is 0.0908. The highest BCUT2D eigenvalue weighted by molar-refractivity contribution is 5.65. The number of benzene rings is 1. The van der Waals surface area contributed by atoms with Crippen molar-refractivity contribution in [1.82, 2.24) is 4.90 Å². The zero-order chi connectivity index (χ0) is 15.9. The molecule has 2 atom stereocenters. The molecule has 3 rings (SSSR count). The van der Waals surface area contributed by atoms with E-state index in [4.69, 9.17) is 0 Å². The number of anilines is 1. The van der Waals surface area contributed by atoms with Gasteiger partial charge in [-0.15, -0.1) is 0 Å². The van der Waals surface area contributed by atoms with Crippen LogP contribution in [0.1, 0.15) is 44.2 Å². The van der Waals surface area contributed by atoms with Crippen molar-refractivity contribution in [3.63, 3.8) is 0 Å². The summed E-state index contributed by atoms with van der Waals surface area (Å²) in [5.41, 5.74) is 4.25. The molecule has 0 aliphatic carbocycles.